The first-order valence-electron chi connectivity index (χ1n) is 11.7. The number of aromatic nitrogens is 4. The fourth-order valence-electron chi connectivity index (χ4n) is 4.33. The standard InChI is InChI=1S/C25H29N7O2S/c1-25(2,3)16-10-12-18(13-11-16)32(24(34)19-14-27-15-28-19)20(21-22(26-4)30-31-35-21)23(33)29-17-8-6-5-7-9-17/h10-15,17,20H,5-9H2,1-3H3,(H,27,28)(H,29,33). The van der Waals surface area contributed by atoms with Crippen LogP contribution in [0.2, 0.25) is 0 Å². The van der Waals surface area contributed by atoms with Crippen molar-refractivity contribution < 1.29 is 9.59 Å². The van der Waals surface area contributed by atoms with Crippen LogP contribution in [0.15, 0.2) is 36.8 Å². The van der Waals surface area contributed by atoms with E-state index in [4.69, 9.17) is 6.57 Å². The summed E-state index contributed by atoms with van der Waals surface area (Å²) in [6.45, 7) is 13.9. The van der Waals surface area contributed by atoms with Crippen LogP contribution >= 0.6 is 11.5 Å². The van der Waals surface area contributed by atoms with Gasteiger partial charge in [-0.1, -0.05) is 58.7 Å². The van der Waals surface area contributed by atoms with Gasteiger partial charge in [-0.25, -0.2) is 4.98 Å². The van der Waals surface area contributed by atoms with Crippen molar-refractivity contribution in [2.45, 2.75) is 70.4 Å². The summed E-state index contributed by atoms with van der Waals surface area (Å²) in [5.41, 5.74) is 1.79. The molecule has 9 nitrogen and oxygen atoms in total. The van der Waals surface area contributed by atoms with E-state index in [9.17, 15) is 9.59 Å². The monoisotopic (exact) mass is 491 g/mol. The van der Waals surface area contributed by atoms with Crippen molar-refractivity contribution in [3.63, 3.8) is 0 Å². The molecule has 0 bridgehead atoms. The molecule has 3 aromatic rings. The molecule has 1 aliphatic carbocycles. The van der Waals surface area contributed by atoms with Gasteiger partial charge in [0, 0.05) is 21.3 Å². The largest absolute Gasteiger partial charge is 0.358 e. The predicted octanol–water partition coefficient (Wildman–Crippen LogP) is 4.95. The van der Waals surface area contributed by atoms with Gasteiger partial charge < -0.3 is 15.1 Å². The molecular formula is C25H29N7O2S. The molecule has 2 amide bonds. The Labute approximate surface area is 209 Å². The Balaban J connectivity index is 1.81. The molecule has 1 atom stereocenters. The van der Waals surface area contributed by atoms with Crippen molar-refractivity contribution in [1.29, 1.82) is 0 Å². The van der Waals surface area contributed by atoms with Crippen molar-refractivity contribution in [3.05, 3.63) is 64.3 Å². The highest BCUT2D eigenvalue weighted by Gasteiger charge is 2.38. The third-order valence-electron chi connectivity index (χ3n) is 6.27. The van der Waals surface area contributed by atoms with Crippen LogP contribution in [0.25, 0.3) is 4.85 Å². The molecule has 0 spiro atoms. The molecule has 1 aromatic carbocycles. The summed E-state index contributed by atoms with van der Waals surface area (Å²) in [5.74, 6) is -0.757. The van der Waals surface area contributed by atoms with E-state index in [1.807, 2.05) is 24.3 Å². The molecule has 2 N–H and O–H groups in total. The molecule has 2 aromatic heterocycles. The molecule has 1 aliphatic rings. The first-order valence-corrected chi connectivity index (χ1v) is 12.5. The Hall–Kier alpha value is -3.58. The highest BCUT2D eigenvalue weighted by molar-refractivity contribution is 7.06. The summed E-state index contributed by atoms with van der Waals surface area (Å²) in [6.07, 6.45) is 7.89. The number of hydrogen-bond donors (Lipinski definition) is 2. The molecule has 10 heteroatoms. The van der Waals surface area contributed by atoms with Gasteiger partial charge in [0.2, 0.25) is 5.91 Å². The molecule has 0 saturated heterocycles. The van der Waals surface area contributed by atoms with Gasteiger partial charge in [-0.05, 0) is 47.5 Å². The minimum Gasteiger partial charge on any atom is -0.358 e. The van der Waals surface area contributed by atoms with Gasteiger partial charge >= 0.3 is 5.82 Å². The second-order valence-electron chi connectivity index (χ2n) is 9.76. The molecule has 0 aliphatic heterocycles. The zero-order valence-corrected chi connectivity index (χ0v) is 20.9. The maximum absolute atomic E-state index is 13.8. The summed E-state index contributed by atoms with van der Waals surface area (Å²) in [4.78, 5) is 39.7. The van der Waals surface area contributed by atoms with Crippen LogP contribution in [0, 0.1) is 6.57 Å². The Bertz CT molecular complexity index is 1200. The van der Waals surface area contributed by atoms with E-state index in [2.05, 4.69) is 50.5 Å². The van der Waals surface area contributed by atoms with Crippen LogP contribution in [0.3, 0.4) is 0 Å². The summed E-state index contributed by atoms with van der Waals surface area (Å²) in [7, 11) is 0. The van der Waals surface area contributed by atoms with E-state index in [-0.39, 0.29) is 28.9 Å². The molecule has 1 saturated carbocycles. The maximum atomic E-state index is 13.8. The normalized spacial score (nSPS) is 15.3. The van der Waals surface area contributed by atoms with Crippen LogP contribution < -0.4 is 10.2 Å². The minimum absolute atomic E-state index is 0.0208. The van der Waals surface area contributed by atoms with Crippen LogP contribution in [0.5, 0.6) is 0 Å². The molecule has 4 rings (SSSR count). The summed E-state index contributed by atoms with van der Waals surface area (Å²) >= 11 is 0.962. The summed E-state index contributed by atoms with van der Waals surface area (Å²) in [6, 6.07) is 6.52. The van der Waals surface area contributed by atoms with E-state index in [0.29, 0.717) is 10.6 Å². The Morgan fingerprint density at radius 3 is 2.51 bits per heavy atom. The average Bonchev–Trinajstić information content (AvgIpc) is 3.54. The topological polar surface area (TPSA) is 108 Å². The van der Waals surface area contributed by atoms with Crippen LogP contribution in [0.1, 0.15) is 79.8 Å². The van der Waals surface area contributed by atoms with Gasteiger partial charge in [-0.15, -0.1) is 0 Å². The number of benzene rings is 1. The average molecular weight is 492 g/mol. The highest BCUT2D eigenvalue weighted by Crippen LogP contribution is 2.37. The third-order valence-corrected chi connectivity index (χ3v) is 7.03. The number of hydrogen-bond acceptors (Lipinski definition) is 6. The van der Waals surface area contributed by atoms with Gasteiger partial charge in [0.25, 0.3) is 5.91 Å². The lowest BCUT2D eigenvalue weighted by atomic mass is 9.87. The number of carbonyl (C=O) groups excluding carboxylic acids is 2. The molecular weight excluding hydrogens is 462 g/mol. The number of H-pyrrole nitrogens is 1. The van der Waals surface area contributed by atoms with Gasteiger partial charge in [-0.2, -0.15) is 0 Å². The van der Waals surface area contributed by atoms with Gasteiger partial charge in [0.15, 0.2) is 0 Å². The number of aromatic amines is 1. The number of anilines is 1. The van der Waals surface area contributed by atoms with Crippen LogP contribution in [-0.4, -0.2) is 37.4 Å². The van der Waals surface area contributed by atoms with E-state index < -0.39 is 11.9 Å². The van der Waals surface area contributed by atoms with Crippen LogP contribution in [-0.2, 0) is 10.2 Å². The van der Waals surface area contributed by atoms with Gasteiger partial charge in [0.1, 0.15) is 11.7 Å². The fraction of sp³-hybridized carbons (Fsp3) is 0.440. The number of nitrogens with one attached hydrogen (secondary N) is 2. The van der Waals surface area contributed by atoms with E-state index >= 15 is 0 Å². The number of imidazole rings is 1. The van der Waals surface area contributed by atoms with Crippen molar-refractivity contribution in [2.24, 2.45) is 0 Å². The smallest absolute Gasteiger partial charge is 0.314 e. The Morgan fingerprint density at radius 1 is 1.20 bits per heavy atom. The van der Waals surface area contributed by atoms with Gasteiger partial charge in [0.05, 0.1) is 17.4 Å². The third kappa shape index (κ3) is 5.41. The Morgan fingerprint density at radius 2 is 1.91 bits per heavy atom. The number of amides is 2. The number of carbonyl (C=O) groups is 2. The lowest BCUT2D eigenvalue weighted by Crippen LogP contribution is -2.47. The maximum Gasteiger partial charge on any atom is 0.314 e. The lowest BCUT2D eigenvalue weighted by Gasteiger charge is -2.32. The van der Waals surface area contributed by atoms with E-state index in [0.717, 1.165) is 49.2 Å². The molecule has 1 unspecified atom stereocenters. The molecule has 35 heavy (non-hydrogen) atoms. The van der Waals surface area contributed by atoms with E-state index in [1.54, 1.807) is 0 Å². The minimum atomic E-state index is -1.10. The fourth-order valence-corrected chi connectivity index (χ4v) is 5.02. The molecule has 0 radical (unpaired) electrons. The van der Waals surface area contributed by atoms with Crippen molar-refractivity contribution in [1.82, 2.24) is 24.9 Å². The second-order valence-corrected chi connectivity index (χ2v) is 10.5. The summed E-state index contributed by atoms with van der Waals surface area (Å²) in [5, 5.41) is 7.04. The molecule has 1 fully saturated rings. The van der Waals surface area contributed by atoms with Crippen LogP contribution in [0.4, 0.5) is 11.5 Å². The summed E-state index contributed by atoms with van der Waals surface area (Å²) < 4.78 is 3.93. The SMILES string of the molecule is [C-]#[N+]c1nnsc1C(C(=O)NC1CCCCC1)N(C(=O)c1cnc[nH]1)c1ccc(C(C)(C)C)cc1. The number of rotatable bonds is 6. The first kappa shape index (κ1) is 24.5. The van der Waals surface area contributed by atoms with Gasteiger partial charge in [-0.3, -0.25) is 14.5 Å². The van der Waals surface area contributed by atoms with Crippen molar-refractivity contribution in [2.75, 3.05) is 4.90 Å². The zero-order valence-electron chi connectivity index (χ0n) is 20.1. The zero-order chi connectivity index (χ0) is 25.0. The Kier molecular flexibility index (Phi) is 7.26. The predicted molar refractivity (Wildman–Crippen MR) is 134 cm³/mol. The second kappa shape index (κ2) is 10.4. The number of nitrogens with zero attached hydrogens (tertiary/aromatic N) is 5. The first-order chi connectivity index (χ1) is 16.8. The lowest BCUT2D eigenvalue weighted by molar-refractivity contribution is -0.123. The van der Waals surface area contributed by atoms with Crippen molar-refractivity contribution in [3.8, 4) is 0 Å². The quantitative estimate of drug-likeness (QED) is 0.475. The van der Waals surface area contributed by atoms with Crippen molar-refractivity contribution >= 4 is 34.9 Å². The molecule has 182 valence electrons. The van der Waals surface area contributed by atoms with E-state index in [1.165, 1.54) is 17.4 Å². The highest BCUT2D eigenvalue weighted by atomic mass is 32.1. The molecule has 2 heterocycles.